The van der Waals surface area contributed by atoms with E-state index < -0.39 is 0 Å². The zero-order valence-corrected chi connectivity index (χ0v) is 10.4. The lowest BCUT2D eigenvalue weighted by Crippen LogP contribution is -2.48. The second-order valence-corrected chi connectivity index (χ2v) is 4.56. The van der Waals surface area contributed by atoms with Gasteiger partial charge in [-0.1, -0.05) is 6.07 Å². The highest BCUT2D eigenvalue weighted by atomic mass is 16.5. The Hall–Kier alpha value is -1.26. The van der Waals surface area contributed by atoms with Gasteiger partial charge in [-0.25, -0.2) is 0 Å². The van der Waals surface area contributed by atoms with Crippen LogP contribution in [0.15, 0.2) is 24.3 Å². The molecule has 1 unspecified atom stereocenters. The Balaban J connectivity index is 2.14. The summed E-state index contributed by atoms with van der Waals surface area (Å²) in [4.78, 5) is 2.27. The predicted molar refractivity (Wildman–Crippen MR) is 68.7 cm³/mol. The molecule has 0 amide bonds. The first-order valence-electron chi connectivity index (χ1n) is 5.92. The van der Waals surface area contributed by atoms with Crippen molar-refractivity contribution in [3.63, 3.8) is 0 Å². The molecule has 4 nitrogen and oxygen atoms in total. The summed E-state index contributed by atoms with van der Waals surface area (Å²) in [5.41, 5.74) is 0.984. The summed E-state index contributed by atoms with van der Waals surface area (Å²) in [6, 6.07) is 8.04. The Morgan fingerprint density at radius 1 is 1.53 bits per heavy atom. The van der Waals surface area contributed by atoms with Gasteiger partial charge in [0.1, 0.15) is 5.75 Å². The number of rotatable bonds is 4. The summed E-state index contributed by atoms with van der Waals surface area (Å²) < 4.78 is 5.23. The highest BCUT2D eigenvalue weighted by molar-refractivity contribution is 5.52. The molecule has 1 aliphatic rings. The number of benzene rings is 1. The number of hydrogen-bond donors (Lipinski definition) is 2. The summed E-state index contributed by atoms with van der Waals surface area (Å²) in [7, 11) is 3.58. The van der Waals surface area contributed by atoms with Crippen molar-refractivity contribution in [2.75, 3.05) is 38.8 Å². The van der Waals surface area contributed by atoms with Gasteiger partial charge < -0.3 is 20.1 Å². The molecule has 0 aliphatic carbocycles. The third-order valence-corrected chi connectivity index (χ3v) is 3.61. The molecule has 1 fully saturated rings. The van der Waals surface area contributed by atoms with Crippen LogP contribution >= 0.6 is 0 Å². The molecule has 0 aromatic heterocycles. The van der Waals surface area contributed by atoms with Crippen molar-refractivity contribution in [3.8, 4) is 5.75 Å². The van der Waals surface area contributed by atoms with Gasteiger partial charge in [-0.2, -0.15) is 0 Å². The van der Waals surface area contributed by atoms with Crippen molar-refractivity contribution >= 4 is 5.69 Å². The maximum Gasteiger partial charge on any atom is 0.120 e. The van der Waals surface area contributed by atoms with Gasteiger partial charge in [-0.15, -0.1) is 0 Å². The highest BCUT2D eigenvalue weighted by Crippen LogP contribution is 2.28. The van der Waals surface area contributed by atoms with Crippen molar-refractivity contribution < 1.29 is 9.84 Å². The van der Waals surface area contributed by atoms with E-state index in [-0.39, 0.29) is 12.1 Å². The molecule has 0 saturated carbocycles. The van der Waals surface area contributed by atoms with Crippen LogP contribution in [0, 0.1) is 0 Å². The molecule has 2 rings (SSSR count). The van der Waals surface area contributed by atoms with E-state index in [0.717, 1.165) is 30.9 Å². The average molecular weight is 236 g/mol. The van der Waals surface area contributed by atoms with Gasteiger partial charge >= 0.3 is 0 Å². The molecule has 94 valence electrons. The molecule has 1 aliphatic heterocycles. The van der Waals surface area contributed by atoms with Gasteiger partial charge in [-0.05, 0) is 25.6 Å². The fraction of sp³-hybridized carbons (Fsp3) is 0.538. The molecular weight excluding hydrogens is 216 g/mol. The Kier molecular flexibility index (Phi) is 3.54. The predicted octanol–water partition coefficient (Wildman–Crippen LogP) is 0.856. The lowest BCUT2D eigenvalue weighted by atomic mass is 10.0. The zero-order chi connectivity index (χ0) is 12.3. The van der Waals surface area contributed by atoms with E-state index >= 15 is 0 Å². The first-order valence-corrected chi connectivity index (χ1v) is 5.92. The summed E-state index contributed by atoms with van der Waals surface area (Å²) in [6.07, 6.45) is 0.956. The number of likely N-dealkylation sites (N-methyl/N-ethyl adjacent to an activating group) is 1. The molecule has 0 spiro atoms. The van der Waals surface area contributed by atoms with Crippen LogP contribution in [0.1, 0.15) is 6.42 Å². The number of nitrogens with zero attached hydrogens (tertiary/aromatic N) is 1. The van der Waals surface area contributed by atoms with Crippen LogP contribution < -0.4 is 15.0 Å². The number of methoxy groups -OCH3 is 1. The van der Waals surface area contributed by atoms with Crippen molar-refractivity contribution in [1.82, 2.24) is 5.32 Å². The second kappa shape index (κ2) is 4.94. The van der Waals surface area contributed by atoms with E-state index in [2.05, 4.69) is 16.3 Å². The SMILES string of the molecule is CNC1(CO)CCN(c2cccc(OC)c2)C1. The lowest BCUT2D eigenvalue weighted by Gasteiger charge is -2.27. The standard InChI is InChI=1S/C13H20N2O2/c1-14-13(10-16)6-7-15(9-13)11-4-3-5-12(8-11)17-2/h3-5,8,14,16H,6-7,9-10H2,1-2H3. The number of aliphatic hydroxyl groups excluding tert-OH is 1. The van der Waals surface area contributed by atoms with Crippen LogP contribution in [-0.4, -0.2) is 44.5 Å². The summed E-state index contributed by atoms with van der Waals surface area (Å²) in [5.74, 6) is 0.869. The van der Waals surface area contributed by atoms with E-state index in [9.17, 15) is 5.11 Å². The van der Waals surface area contributed by atoms with Crippen LogP contribution in [0.25, 0.3) is 0 Å². The number of nitrogens with one attached hydrogen (secondary N) is 1. The highest BCUT2D eigenvalue weighted by Gasteiger charge is 2.36. The maximum atomic E-state index is 9.47. The van der Waals surface area contributed by atoms with E-state index in [1.807, 2.05) is 25.2 Å². The largest absolute Gasteiger partial charge is 0.497 e. The molecular formula is C13H20N2O2. The van der Waals surface area contributed by atoms with Gasteiger partial charge in [0.05, 0.1) is 19.3 Å². The van der Waals surface area contributed by atoms with Crippen molar-refractivity contribution in [3.05, 3.63) is 24.3 Å². The molecule has 0 radical (unpaired) electrons. The topological polar surface area (TPSA) is 44.7 Å². The third kappa shape index (κ3) is 2.37. The van der Waals surface area contributed by atoms with E-state index in [1.54, 1.807) is 7.11 Å². The van der Waals surface area contributed by atoms with E-state index in [0.29, 0.717) is 0 Å². The van der Waals surface area contributed by atoms with Gasteiger partial charge in [0.15, 0.2) is 0 Å². The quantitative estimate of drug-likeness (QED) is 0.813. The average Bonchev–Trinajstić information content (AvgIpc) is 2.84. The van der Waals surface area contributed by atoms with Crippen LogP contribution in [0.2, 0.25) is 0 Å². The smallest absolute Gasteiger partial charge is 0.120 e. The first kappa shape index (κ1) is 12.2. The fourth-order valence-electron chi connectivity index (χ4n) is 2.31. The van der Waals surface area contributed by atoms with Crippen molar-refractivity contribution in [2.24, 2.45) is 0 Å². The van der Waals surface area contributed by atoms with Crippen LogP contribution in [-0.2, 0) is 0 Å². The molecule has 1 aromatic carbocycles. The van der Waals surface area contributed by atoms with Crippen LogP contribution in [0.3, 0.4) is 0 Å². The zero-order valence-electron chi connectivity index (χ0n) is 10.4. The molecule has 2 N–H and O–H groups in total. The van der Waals surface area contributed by atoms with Crippen LogP contribution in [0.5, 0.6) is 5.75 Å². The van der Waals surface area contributed by atoms with Gasteiger partial charge in [0.25, 0.3) is 0 Å². The number of hydrogen-bond acceptors (Lipinski definition) is 4. The molecule has 1 saturated heterocycles. The normalized spacial score (nSPS) is 24.1. The van der Waals surface area contributed by atoms with E-state index in [4.69, 9.17) is 4.74 Å². The molecule has 1 aromatic rings. The lowest BCUT2D eigenvalue weighted by molar-refractivity contribution is 0.184. The monoisotopic (exact) mass is 236 g/mol. The summed E-state index contributed by atoms with van der Waals surface area (Å²) in [5, 5.41) is 12.7. The van der Waals surface area contributed by atoms with Gasteiger partial charge in [-0.3, -0.25) is 0 Å². The van der Waals surface area contributed by atoms with Crippen molar-refractivity contribution in [1.29, 1.82) is 0 Å². The Bertz CT molecular complexity index is 377. The maximum absolute atomic E-state index is 9.47. The summed E-state index contributed by atoms with van der Waals surface area (Å²) >= 11 is 0. The fourth-order valence-corrected chi connectivity index (χ4v) is 2.31. The minimum atomic E-state index is -0.164. The van der Waals surface area contributed by atoms with Crippen LogP contribution in [0.4, 0.5) is 5.69 Å². The third-order valence-electron chi connectivity index (χ3n) is 3.61. The molecule has 0 bridgehead atoms. The minimum absolute atomic E-state index is 0.164. The van der Waals surface area contributed by atoms with E-state index in [1.165, 1.54) is 0 Å². The Morgan fingerprint density at radius 3 is 2.94 bits per heavy atom. The number of aliphatic hydroxyl groups is 1. The number of anilines is 1. The molecule has 4 heteroatoms. The number of ether oxygens (including phenoxy) is 1. The Labute approximate surface area is 102 Å². The summed E-state index contributed by atoms with van der Waals surface area (Å²) in [6.45, 7) is 1.95. The first-order chi connectivity index (χ1) is 8.23. The van der Waals surface area contributed by atoms with Gasteiger partial charge in [0.2, 0.25) is 0 Å². The molecule has 1 atom stereocenters. The molecule has 1 heterocycles. The minimum Gasteiger partial charge on any atom is -0.497 e. The van der Waals surface area contributed by atoms with Gasteiger partial charge in [0, 0.05) is 24.8 Å². The molecule has 17 heavy (non-hydrogen) atoms. The Morgan fingerprint density at radius 2 is 2.35 bits per heavy atom. The second-order valence-electron chi connectivity index (χ2n) is 4.56. The van der Waals surface area contributed by atoms with Crippen molar-refractivity contribution in [2.45, 2.75) is 12.0 Å².